The molecule has 1 unspecified atom stereocenters. The monoisotopic (exact) mass is 436 g/mol. The summed E-state index contributed by atoms with van der Waals surface area (Å²) in [6.45, 7) is 7.41. The molecule has 1 aliphatic rings. The van der Waals surface area contributed by atoms with Crippen LogP contribution in [0.5, 0.6) is 0 Å². The lowest BCUT2D eigenvalue weighted by atomic mass is 10.2. The van der Waals surface area contributed by atoms with Crippen molar-refractivity contribution in [1.29, 1.82) is 0 Å². The van der Waals surface area contributed by atoms with Gasteiger partial charge in [-0.05, 0) is 26.2 Å². The van der Waals surface area contributed by atoms with E-state index in [1.807, 2.05) is 26.0 Å². The van der Waals surface area contributed by atoms with Gasteiger partial charge in [-0.3, -0.25) is 4.79 Å². The quantitative estimate of drug-likeness (QED) is 0.238. The van der Waals surface area contributed by atoms with Gasteiger partial charge in [0.1, 0.15) is 5.01 Å². The predicted octanol–water partition coefficient (Wildman–Crippen LogP) is 5.32. The summed E-state index contributed by atoms with van der Waals surface area (Å²) in [5.74, 6) is -0.258. The molecule has 7 nitrogen and oxygen atoms in total. The molecule has 0 N–H and O–H groups in total. The van der Waals surface area contributed by atoms with E-state index in [9.17, 15) is 9.59 Å². The van der Waals surface area contributed by atoms with Crippen molar-refractivity contribution >= 4 is 28.5 Å². The number of allylic oxidation sites excluding steroid dienone is 1. The largest absolute Gasteiger partial charge is 0.441 e. The summed E-state index contributed by atoms with van der Waals surface area (Å²) in [6.07, 6.45) is 12.4. The number of rotatable bonds is 13. The van der Waals surface area contributed by atoms with E-state index in [0.717, 1.165) is 37.1 Å². The summed E-state index contributed by atoms with van der Waals surface area (Å²) in [7, 11) is 0. The third kappa shape index (κ3) is 7.38. The lowest BCUT2D eigenvalue weighted by Gasteiger charge is -2.39. The Kier molecular flexibility index (Phi) is 10.8. The molecule has 2 amide bonds. The summed E-state index contributed by atoms with van der Waals surface area (Å²) in [4.78, 5) is 28.8. The van der Waals surface area contributed by atoms with E-state index in [-0.39, 0.29) is 12.0 Å². The Hall–Kier alpha value is -1.96. The van der Waals surface area contributed by atoms with E-state index in [1.165, 1.54) is 35.5 Å². The van der Waals surface area contributed by atoms with E-state index in [0.29, 0.717) is 31.1 Å². The number of unbranched alkanes of at least 4 members (excludes halogenated alkanes) is 4. The zero-order valence-electron chi connectivity index (χ0n) is 18.6. The average molecular weight is 437 g/mol. The molecule has 0 aromatic carbocycles. The molecule has 0 spiro atoms. The van der Waals surface area contributed by atoms with Crippen LogP contribution in [0, 0.1) is 0 Å². The molecule has 0 aliphatic carbocycles. The number of amides is 2. The topological polar surface area (TPSA) is 75.6 Å². The Morgan fingerprint density at radius 2 is 2.00 bits per heavy atom. The maximum absolute atomic E-state index is 13.2. The van der Waals surface area contributed by atoms with Crippen molar-refractivity contribution in [2.24, 2.45) is 0 Å². The molecule has 2 rings (SSSR count). The van der Waals surface area contributed by atoms with Gasteiger partial charge in [-0.15, -0.1) is 10.2 Å². The van der Waals surface area contributed by atoms with Crippen LogP contribution in [0.1, 0.15) is 83.6 Å². The number of ether oxygens (including phenoxy) is 1. The standard InChI is InChI=1S/C22H36N4O3S/c1-4-7-10-11-13-18-23-24-21(30-18)26-19(29-20(27)14-9-6-3)15-17-25(22(26)28)16-12-8-5-2/h5,8,19H,4,6-7,9-17H2,1-3H3. The van der Waals surface area contributed by atoms with Crippen LogP contribution in [0.4, 0.5) is 9.93 Å². The molecule has 1 aromatic rings. The van der Waals surface area contributed by atoms with Crippen molar-refractivity contribution in [3.63, 3.8) is 0 Å². The van der Waals surface area contributed by atoms with Gasteiger partial charge in [0.05, 0.1) is 0 Å². The molecule has 0 bridgehead atoms. The lowest BCUT2D eigenvalue weighted by molar-refractivity contribution is -0.149. The van der Waals surface area contributed by atoms with Gasteiger partial charge in [0.25, 0.3) is 0 Å². The average Bonchev–Trinajstić information content (AvgIpc) is 3.20. The normalized spacial score (nSPS) is 17.2. The van der Waals surface area contributed by atoms with Crippen LogP contribution < -0.4 is 4.90 Å². The molecular formula is C22H36N4O3S. The van der Waals surface area contributed by atoms with Crippen LogP contribution in [0.15, 0.2) is 12.2 Å². The number of carbonyl (C=O) groups is 2. The number of aromatic nitrogens is 2. The van der Waals surface area contributed by atoms with Crippen molar-refractivity contribution in [1.82, 2.24) is 15.1 Å². The number of urea groups is 1. The molecule has 8 heteroatoms. The minimum absolute atomic E-state index is 0.160. The van der Waals surface area contributed by atoms with Crippen LogP contribution in [-0.4, -0.2) is 46.4 Å². The fraction of sp³-hybridized carbons (Fsp3) is 0.727. The van der Waals surface area contributed by atoms with Gasteiger partial charge in [0.2, 0.25) is 5.13 Å². The third-order valence-electron chi connectivity index (χ3n) is 5.12. The fourth-order valence-corrected chi connectivity index (χ4v) is 4.28. The number of nitrogens with zero attached hydrogens (tertiary/aromatic N) is 4. The van der Waals surface area contributed by atoms with E-state index in [4.69, 9.17) is 4.74 Å². The molecule has 1 aliphatic heterocycles. The first kappa shape index (κ1) is 24.3. The minimum Gasteiger partial charge on any atom is -0.441 e. The number of anilines is 1. The number of aryl methyl sites for hydroxylation is 1. The van der Waals surface area contributed by atoms with Crippen LogP contribution in [0.3, 0.4) is 0 Å². The first-order valence-corrected chi connectivity index (χ1v) is 12.1. The van der Waals surface area contributed by atoms with Gasteiger partial charge in [-0.25, -0.2) is 9.69 Å². The van der Waals surface area contributed by atoms with Crippen molar-refractivity contribution in [2.45, 2.75) is 91.2 Å². The van der Waals surface area contributed by atoms with Gasteiger partial charge < -0.3 is 9.64 Å². The molecule has 0 radical (unpaired) electrons. The SMILES string of the molecule is CC=CCCN1CCC(OC(=O)CCCC)N(c2nnc(CCCCCC)s2)C1=O. The van der Waals surface area contributed by atoms with Crippen LogP contribution in [-0.2, 0) is 16.0 Å². The first-order valence-electron chi connectivity index (χ1n) is 11.3. The van der Waals surface area contributed by atoms with Gasteiger partial charge in [0.15, 0.2) is 6.23 Å². The summed E-state index contributed by atoms with van der Waals surface area (Å²) < 4.78 is 5.69. The highest BCUT2D eigenvalue weighted by molar-refractivity contribution is 7.15. The molecule has 1 aromatic heterocycles. The Bertz CT molecular complexity index is 692. The van der Waals surface area contributed by atoms with Crippen molar-refractivity contribution in [2.75, 3.05) is 18.0 Å². The summed E-state index contributed by atoms with van der Waals surface area (Å²) >= 11 is 1.43. The molecule has 2 heterocycles. The van der Waals surface area contributed by atoms with E-state index < -0.39 is 6.23 Å². The van der Waals surface area contributed by atoms with Crippen molar-refractivity contribution in [3.8, 4) is 0 Å². The molecule has 1 atom stereocenters. The summed E-state index contributed by atoms with van der Waals surface area (Å²) in [6, 6.07) is -0.160. The maximum Gasteiger partial charge on any atom is 0.329 e. The Morgan fingerprint density at radius 3 is 2.73 bits per heavy atom. The van der Waals surface area contributed by atoms with E-state index >= 15 is 0 Å². The summed E-state index contributed by atoms with van der Waals surface area (Å²) in [5, 5.41) is 10.0. The molecule has 1 fully saturated rings. The van der Waals surface area contributed by atoms with Crippen LogP contribution in [0.2, 0.25) is 0 Å². The van der Waals surface area contributed by atoms with Gasteiger partial charge in [0, 0.05) is 32.4 Å². The number of carbonyl (C=O) groups excluding carboxylic acids is 2. The first-order chi connectivity index (χ1) is 14.6. The number of hydrogen-bond donors (Lipinski definition) is 0. The van der Waals surface area contributed by atoms with Gasteiger partial charge >= 0.3 is 12.0 Å². The molecule has 30 heavy (non-hydrogen) atoms. The smallest absolute Gasteiger partial charge is 0.329 e. The molecule has 168 valence electrons. The van der Waals surface area contributed by atoms with Gasteiger partial charge in [-0.1, -0.05) is 63.0 Å². The second-order valence-electron chi connectivity index (χ2n) is 7.62. The molecular weight excluding hydrogens is 400 g/mol. The van der Waals surface area contributed by atoms with Crippen molar-refractivity contribution in [3.05, 3.63) is 17.2 Å². The van der Waals surface area contributed by atoms with Gasteiger partial charge in [-0.2, -0.15) is 0 Å². The zero-order chi connectivity index (χ0) is 21.8. The van der Waals surface area contributed by atoms with E-state index in [2.05, 4.69) is 17.1 Å². The second-order valence-corrected chi connectivity index (χ2v) is 8.66. The zero-order valence-corrected chi connectivity index (χ0v) is 19.5. The highest BCUT2D eigenvalue weighted by Gasteiger charge is 2.38. The highest BCUT2D eigenvalue weighted by Crippen LogP contribution is 2.29. The Balaban J connectivity index is 2.11. The fourth-order valence-electron chi connectivity index (χ4n) is 3.37. The van der Waals surface area contributed by atoms with E-state index in [1.54, 1.807) is 4.90 Å². The molecule has 0 saturated carbocycles. The van der Waals surface area contributed by atoms with Crippen LogP contribution in [0.25, 0.3) is 0 Å². The Morgan fingerprint density at radius 1 is 1.20 bits per heavy atom. The number of esters is 1. The summed E-state index contributed by atoms with van der Waals surface area (Å²) in [5.41, 5.74) is 0. The third-order valence-corrected chi connectivity index (χ3v) is 6.10. The second kappa shape index (κ2) is 13.4. The number of hydrogen-bond acceptors (Lipinski definition) is 6. The lowest BCUT2D eigenvalue weighted by Crippen LogP contribution is -2.56. The van der Waals surface area contributed by atoms with Crippen molar-refractivity contribution < 1.29 is 14.3 Å². The predicted molar refractivity (Wildman–Crippen MR) is 121 cm³/mol. The Labute approximate surface area is 184 Å². The maximum atomic E-state index is 13.2. The minimum atomic E-state index is -0.610. The molecule has 1 saturated heterocycles. The highest BCUT2D eigenvalue weighted by atomic mass is 32.1. The van der Waals surface area contributed by atoms with Crippen LogP contribution >= 0.6 is 11.3 Å².